The smallest absolute Gasteiger partial charge is 0.118 e. The van der Waals surface area contributed by atoms with Gasteiger partial charge in [0.05, 0.1) is 7.11 Å². The number of hydrogen-bond donors (Lipinski definition) is 0. The van der Waals surface area contributed by atoms with Crippen LogP contribution in [0, 0.1) is 3.82 Å². The summed E-state index contributed by atoms with van der Waals surface area (Å²) in [5, 5.41) is 0. The molecule has 0 unspecified atom stereocenters. The number of methoxy groups -OCH3 is 1. The highest BCUT2D eigenvalue weighted by molar-refractivity contribution is 7.80. The first-order valence-electron chi connectivity index (χ1n) is 4.33. The predicted octanol–water partition coefficient (Wildman–Crippen LogP) is 4.03. The average molecular weight is 270 g/mol. The zero-order chi connectivity index (χ0) is 12.0. The van der Waals surface area contributed by atoms with E-state index in [1.807, 2.05) is 37.1 Å². The van der Waals surface area contributed by atoms with Gasteiger partial charge in [-0.1, -0.05) is 32.9 Å². The molecule has 0 spiro atoms. The molecule has 0 saturated carbocycles. The summed E-state index contributed by atoms with van der Waals surface area (Å²) < 4.78 is 6.04. The molecule has 2 nitrogen and oxygen atoms in total. The summed E-state index contributed by atoms with van der Waals surface area (Å²) in [6.07, 6.45) is 0. The van der Waals surface area contributed by atoms with Gasteiger partial charge in [-0.25, -0.2) is 0 Å². The Balaban J connectivity index is 0.000000606. The van der Waals surface area contributed by atoms with E-state index in [2.05, 4.69) is 0 Å². The van der Waals surface area contributed by atoms with Crippen molar-refractivity contribution in [2.45, 2.75) is 0 Å². The molecule has 5 heteroatoms. The van der Waals surface area contributed by atoms with Gasteiger partial charge in [-0.15, -0.1) is 0 Å². The maximum Gasteiger partial charge on any atom is 0.118 e. The Kier molecular flexibility index (Phi) is 5.31. The molecule has 84 valence electrons. The van der Waals surface area contributed by atoms with Crippen molar-refractivity contribution in [1.29, 1.82) is 0 Å². The lowest BCUT2D eigenvalue weighted by Crippen LogP contribution is -1.81. The van der Waals surface area contributed by atoms with Gasteiger partial charge in [0, 0.05) is 4.88 Å². The number of hydrogen-bond acceptors (Lipinski definition) is 5. The van der Waals surface area contributed by atoms with Crippen LogP contribution in [0.4, 0.5) is 0 Å². The van der Waals surface area contributed by atoms with Gasteiger partial charge in [-0.05, 0) is 35.9 Å². The second-order valence-corrected chi connectivity index (χ2v) is 5.63. The van der Waals surface area contributed by atoms with E-state index in [0.29, 0.717) is 0 Å². The Morgan fingerprint density at radius 2 is 1.81 bits per heavy atom. The first-order chi connectivity index (χ1) is 7.79. The minimum absolute atomic E-state index is 0.882. The fraction of sp³-hybridized carbons (Fsp3) is 0.0909. The number of rotatable bonds is 2. The summed E-state index contributed by atoms with van der Waals surface area (Å²) in [5.41, 5.74) is 1.20. The maximum absolute atomic E-state index is 8.00. The topological polar surface area (TPSA) is 26.3 Å². The largest absolute Gasteiger partial charge is 0.497 e. The maximum atomic E-state index is 8.00. The van der Waals surface area contributed by atoms with Crippen LogP contribution in [0.2, 0.25) is 0 Å². The minimum atomic E-state index is 0.882. The average Bonchev–Trinajstić information content (AvgIpc) is 2.79. The molecule has 16 heavy (non-hydrogen) atoms. The monoisotopic (exact) mass is 270 g/mol. The first kappa shape index (κ1) is 13.0. The van der Waals surface area contributed by atoms with E-state index in [4.69, 9.17) is 21.7 Å². The van der Waals surface area contributed by atoms with E-state index in [1.54, 1.807) is 27.8 Å². The van der Waals surface area contributed by atoms with Gasteiger partial charge in [-0.3, -0.25) is 0 Å². The minimum Gasteiger partial charge on any atom is -0.497 e. The third-order valence-corrected chi connectivity index (χ3v) is 4.75. The zero-order valence-electron chi connectivity index (χ0n) is 8.64. The molecule has 0 radical (unpaired) electrons. The van der Waals surface area contributed by atoms with E-state index >= 15 is 0 Å². The van der Waals surface area contributed by atoms with E-state index in [1.165, 1.54) is 10.4 Å². The summed E-state index contributed by atoms with van der Waals surface area (Å²) in [6, 6.07) is 10.1. The Labute approximate surface area is 107 Å². The lowest BCUT2D eigenvalue weighted by atomic mass is 10.2. The molecular weight excluding hydrogens is 260 g/mol. The Morgan fingerprint density at radius 3 is 2.25 bits per heavy atom. The molecule has 0 aliphatic heterocycles. The highest BCUT2D eigenvalue weighted by Crippen LogP contribution is 2.30. The fourth-order valence-corrected chi connectivity index (χ4v) is 3.53. The number of carbonyl (C=O) groups is 1. The summed E-state index contributed by atoms with van der Waals surface area (Å²) in [4.78, 5) is 9.22. The molecule has 1 aromatic heterocycles. The number of ether oxygens (including phenoxy) is 1. The fourth-order valence-electron chi connectivity index (χ4n) is 1.13. The Bertz CT molecular complexity index is 484. The van der Waals surface area contributed by atoms with E-state index in [-0.39, 0.29) is 0 Å². The molecule has 1 aromatic carbocycles. The number of benzene rings is 1. The summed E-state index contributed by atoms with van der Waals surface area (Å²) >= 11 is 5.09. The van der Waals surface area contributed by atoms with Crippen LogP contribution in [0.3, 0.4) is 0 Å². The van der Waals surface area contributed by atoms with Crippen LogP contribution < -0.4 is 4.74 Å². The molecule has 2 rings (SSSR count). The molecule has 2 aromatic rings. The second-order valence-electron chi connectivity index (χ2n) is 2.72. The molecule has 0 atom stereocenters. The van der Waals surface area contributed by atoms with Gasteiger partial charge in [-0.2, -0.15) is 0 Å². The van der Waals surface area contributed by atoms with Crippen LogP contribution in [-0.4, -0.2) is 13.9 Å². The van der Waals surface area contributed by atoms with Crippen LogP contribution in [0.5, 0.6) is 5.75 Å². The van der Waals surface area contributed by atoms with E-state index in [9.17, 15) is 0 Å². The molecule has 0 fully saturated rings. The highest BCUT2D eigenvalue weighted by Gasteiger charge is 2.00. The molecule has 0 bridgehead atoms. The van der Waals surface area contributed by atoms with Crippen molar-refractivity contribution in [1.82, 2.24) is 0 Å². The normalized spacial score (nSPS) is 9.06. The van der Waals surface area contributed by atoms with E-state index < -0.39 is 0 Å². The van der Waals surface area contributed by atoms with Crippen molar-refractivity contribution < 1.29 is 9.53 Å². The lowest BCUT2D eigenvalue weighted by molar-refractivity contribution is -0.0979. The zero-order valence-corrected chi connectivity index (χ0v) is 11.1. The van der Waals surface area contributed by atoms with Crippen molar-refractivity contribution in [2.24, 2.45) is 0 Å². The highest BCUT2D eigenvalue weighted by atomic mass is 32.9. The second kappa shape index (κ2) is 6.52. The summed E-state index contributed by atoms with van der Waals surface area (Å²) in [6.45, 7) is 2.00. The first-order valence-corrected chi connectivity index (χ1v) is 6.89. The quantitative estimate of drug-likeness (QED) is 0.609. The van der Waals surface area contributed by atoms with Gasteiger partial charge < -0.3 is 9.53 Å². The molecule has 0 aliphatic rings. The van der Waals surface area contributed by atoms with Crippen molar-refractivity contribution in [3.8, 4) is 16.2 Å². The van der Waals surface area contributed by atoms with E-state index in [0.717, 1.165) is 9.57 Å². The van der Waals surface area contributed by atoms with Crippen LogP contribution >= 0.6 is 32.9 Å². The molecular formula is C11H10O2S3. The molecule has 1 heterocycles. The molecule has 0 N–H and O–H groups in total. The van der Waals surface area contributed by atoms with Crippen LogP contribution in [0.15, 0.2) is 30.3 Å². The van der Waals surface area contributed by atoms with Crippen molar-refractivity contribution in [3.63, 3.8) is 0 Å². The third kappa shape index (κ3) is 3.23. The van der Waals surface area contributed by atoms with Crippen LogP contribution in [0.1, 0.15) is 0 Å². The Morgan fingerprint density at radius 1 is 1.19 bits per heavy atom. The molecule has 0 saturated heterocycles. The van der Waals surface area contributed by atoms with Gasteiger partial charge in [0.15, 0.2) is 0 Å². The van der Waals surface area contributed by atoms with Crippen molar-refractivity contribution >= 4 is 39.7 Å². The predicted molar refractivity (Wildman–Crippen MR) is 72.1 cm³/mol. The molecule has 0 amide bonds. The van der Waals surface area contributed by atoms with Crippen LogP contribution in [-0.2, 0) is 4.79 Å². The van der Waals surface area contributed by atoms with Crippen LogP contribution in [0.25, 0.3) is 10.4 Å². The Hall–Kier alpha value is -1.04. The van der Waals surface area contributed by atoms with Crippen molar-refractivity contribution in [3.05, 3.63) is 34.2 Å². The lowest BCUT2D eigenvalue weighted by Gasteiger charge is -2.00. The number of carbonyl (C=O) groups excluding carboxylic acids is 1. The standard InChI is InChI=1S/C10H8OS3.CH2O/c1-11-8-4-2-7(3-5-8)9-6-10(12)14-13-9;1-2/h2-6H,1H3;1H2. The van der Waals surface area contributed by atoms with Gasteiger partial charge in [0.2, 0.25) is 0 Å². The molecule has 0 aliphatic carbocycles. The van der Waals surface area contributed by atoms with Gasteiger partial charge >= 0.3 is 0 Å². The third-order valence-electron chi connectivity index (χ3n) is 1.84. The van der Waals surface area contributed by atoms with Gasteiger partial charge in [0.1, 0.15) is 16.4 Å². The SMILES string of the molecule is C=O.COc1ccc(-c2cc(=S)ss2)cc1. The summed E-state index contributed by atoms with van der Waals surface area (Å²) in [7, 11) is 5.02. The van der Waals surface area contributed by atoms with Crippen molar-refractivity contribution in [2.75, 3.05) is 7.11 Å². The summed E-state index contributed by atoms with van der Waals surface area (Å²) in [5.74, 6) is 0.882. The van der Waals surface area contributed by atoms with Gasteiger partial charge in [0.25, 0.3) is 0 Å².